The first kappa shape index (κ1) is 17.6. The molecule has 0 spiro atoms. The minimum absolute atomic E-state index is 0.0724. The van der Waals surface area contributed by atoms with Crippen LogP contribution in [-0.4, -0.2) is 60.4 Å². The Balaban J connectivity index is 1.30. The number of hydrogen-bond acceptors (Lipinski definition) is 7. The summed E-state index contributed by atoms with van der Waals surface area (Å²) >= 11 is 1.21. The third kappa shape index (κ3) is 3.40. The molecule has 0 N–H and O–H groups in total. The summed E-state index contributed by atoms with van der Waals surface area (Å²) in [5.74, 6) is 1.33. The molecule has 3 heterocycles. The highest BCUT2D eigenvalue weighted by atomic mass is 32.2. The zero-order valence-corrected chi connectivity index (χ0v) is 16.0. The average molecular weight is 396 g/mol. The Morgan fingerprint density at radius 2 is 2.19 bits per heavy atom. The Morgan fingerprint density at radius 1 is 1.42 bits per heavy atom. The van der Waals surface area contributed by atoms with Crippen LogP contribution in [0.15, 0.2) is 26.2 Å². The molecule has 2 fully saturated rings. The van der Waals surface area contributed by atoms with E-state index in [1.54, 1.807) is 29.5 Å². The number of carbonyl (C=O) groups is 1. The van der Waals surface area contributed by atoms with Gasteiger partial charge in [0.15, 0.2) is 5.82 Å². The fourth-order valence-electron chi connectivity index (χ4n) is 2.88. The highest BCUT2D eigenvalue weighted by molar-refractivity contribution is 7.91. The van der Waals surface area contributed by atoms with Crippen molar-refractivity contribution in [3.8, 4) is 0 Å². The summed E-state index contributed by atoms with van der Waals surface area (Å²) in [5.41, 5.74) is 0. The molecule has 1 aliphatic heterocycles. The maximum Gasteiger partial charge on any atom is 0.252 e. The standard InChI is InChI=1S/C16H20N4O4S2/c1-19(16(21)11-4-5-11)7-6-13-17-15(24-18-13)12-9-20(10-12)26(22,23)14-3-2-8-25-14/h2-3,8,11-12H,4-7,9-10H2,1H3. The largest absolute Gasteiger partial charge is 0.345 e. The molecule has 2 aliphatic rings. The smallest absolute Gasteiger partial charge is 0.252 e. The predicted octanol–water partition coefficient (Wildman–Crippen LogP) is 1.33. The molecule has 1 saturated carbocycles. The molecular formula is C16H20N4O4S2. The Morgan fingerprint density at radius 3 is 2.85 bits per heavy atom. The van der Waals surface area contributed by atoms with E-state index in [9.17, 15) is 13.2 Å². The topological polar surface area (TPSA) is 96.6 Å². The van der Waals surface area contributed by atoms with Crippen molar-refractivity contribution in [3.05, 3.63) is 29.2 Å². The van der Waals surface area contributed by atoms with Gasteiger partial charge in [-0.3, -0.25) is 4.79 Å². The van der Waals surface area contributed by atoms with Gasteiger partial charge in [-0.05, 0) is 24.3 Å². The van der Waals surface area contributed by atoms with Crippen molar-refractivity contribution in [1.82, 2.24) is 19.3 Å². The summed E-state index contributed by atoms with van der Waals surface area (Å²) in [6.07, 6.45) is 2.51. The molecular weight excluding hydrogens is 376 g/mol. The second-order valence-electron chi connectivity index (χ2n) is 6.78. The predicted molar refractivity (Wildman–Crippen MR) is 94.2 cm³/mol. The maximum absolute atomic E-state index is 12.4. The van der Waals surface area contributed by atoms with Gasteiger partial charge in [0.05, 0.1) is 5.92 Å². The molecule has 8 nitrogen and oxygen atoms in total. The highest BCUT2D eigenvalue weighted by Crippen LogP contribution is 2.33. The molecule has 26 heavy (non-hydrogen) atoms. The monoisotopic (exact) mass is 396 g/mol. The number of thiophene rings is 1. The molecule has 0 radical (unpaired) electrons. The second-order valence-corrected chi connectivity index (χ2v) is 9.90. The van der Waals surface area contributed by atoms with Gasteiger partial charge in [0.25, 0.3) is 10.0 Å². The van der Waals surface area contributed by atoms with Crippen LogP contribution in [0.25, 0.3) is 0 Å². The average Bonchev–Trinajstić information content (AvgIpc) is 3.07. The van der Waals surface area contributed by atoms with Gasteiger partial charge in [0.2, 0.25) is 11.8 Å². The van der Waals surface area contributed by atoms with Gasteiger partial charge < -0.3 is 9.42 Å². The summed E-state index contributed by atoms with van der Waals surface area (Å²) in [5, 5.41) is 5.71. The number of likely N-dealkylation sites (N-methyl/N-ethyl adjacent to an activating group) is 1. The lowest BCUT2D eigenvalue weighted by Crippen LogP contribution is -2.48. The van der Waals surface area contributed by atoms with E-state index in [-0.39, 0.29) is 17.7 Å². The number of amides is 1. The summed E-state index contributed by atoms with van der Waals surface area (Å²) < 4.78 is 31.9. The molecule has 0 aromatic carbocycles. The molecule has 1 amide bonds. The quantitative estimate of drug-likeness (QED) is 0.700. The van der Waals surface area contributed by atoms with E-state index in [0.717, 1.165) is 12.8 Å². The SMILES string of the molecule is CN(CCc1noc(C2CN(S(=O)(=O)c3cccs3)C2)n1)C(=O)C1CC1. The minimum atomic E-state index is -3.41. The highest BCUT2D eigenvalue weighted by Gasteiger charge is 2.40. The fourth-order valence-corrected chi connectivity index (χ4v) is 5.56. The van der Waals surface area contributed by atoms with E-state index in [0.29, 0.717) is 42.0 Å². The molecule has 1 saturated heterocycles. The molecule has 140 valence electrons. The lowest BCUT2D eigenvalue weighted by Gasteiger charge is -2.35. The normalized spacial score (nSPS) is 18.7. The Hall–Kier alpha value is -1.78. The molecule has 1 aliphatic carbocycles. The van der Waals surface area contributed by atoms with E-state index in [1.807, 2.05) is 0 Å². The third-order valence-electron chi connectivity index (χ3n) is 4.74. The van der Waals surface area contributed by atoms with Gasteiger partial charge in [0, 0.05) is 39.0 Å². The number of rotatable bonds is 7. The number of nitrogens with zero attached hydrogens (tertiary/aromatic N) is 4. The van der Waals surface area contributed by atoms with E-state index < -0.39 is 10.0 Å². The van der Waals surface area contributed by atoms with Crippen LogP contribution in [-0.2, 0) is 21.2 Å². The van der Waals surface area contributed by atoms with Gasteiger partial charge in [0.1, 0.15) is 4.21 Å². The van der Waals surface area contributed by atoms with Gasteiger partial charge in [-0.25, -0.2) is 8.42 Å². The van der Waals surface area contributed by atoms with Crippen LogP contribution in [0.1, 0.15) is 30.5 Å². The maximum atomic E-state index is 12.4. The van der Waals surface area contributed by atoms with Crippen LogP contribution in [0.2, 0.25) is 0 Å². The lowest BCUT2D eigenvalue weighted by atomic mass is 10.0. The van der Waals surface area contributed by atoms with Crippen molar-refractivity contribution in [2.45, 2.75) is 29.4 Å². The number of hydrogen-bond donors (Lipinski definition) is 0. The van der Waals surface area contributed by atoms with E-state index in [4.69, 9.17) is 4.52 Å². The summed E-state index contributed by atoms with van der Waals surface area (Å²) in [4.78, 5) is 18.0. The summed E-state index contributed by atoms with van der Waals surface area (Å²) in [6.45, 7) is 1.25. The van der Waals surface area contributed by atoms with Crippen molar-refractivity contribution in [2.24, 2.45) is 5.92 Å². The molecule has 4 rings (SSSR count). The van der Waals surface area contributed by atoms with Gasteiger partial charge in [-0.2, -0.15) is 9.29 Å². The van der Waals surface area contributed by atoms with Gasteiger partial charge >= 0.3 is 0 Å². The van der Waals surface area contributed by atoms with Crippen LogP contribution in [0.5, 0.6) is 0 Å². The van der Waals surface area contributed by atoms with E-state index in [2.05, 4.69) is 10.1 Å². The van der Waals surface area contributed by atoms with Crippen molar-refractivity contribution in [2.75, 3.05) is 26.7 Å². The minimum Gasteiger partial charge on any atom is -0.345 e. The van der Waals surface area contributed by atoms with Crippen LogP contribution < -0.4 is 0 Å². The van der Waals surface area contributed by atoms with Crippen molar-refractivity contribution >= 4 is 27.3 Å². The zero-order chi connectivity index (χ0) is 18.3. The molecule has 0 bridgehead atoms. The Bertz CT molecular complexity index is 883. The van der Waals surface area contributed by atoms with Crippen molar-refractivity contribution < 1.29 is 17.7 Å². The first-order chi connectivity index (χ1) is 12.4. The molecule has 2 aromatic heterocycles. The first-order valence-corrected chi connectivity index (χ1v) is 10.9. The van der Waals surface area contributed by atoms with E-state index >= 15 is 0 Å². The lowest BCUT2D eigenvalue weighted by molar-refractivity contribution is -0.131. The van der Waals surface area contributed by atoms with E-state index in [1.165, 1.54) is 15.6 Å². The van der Waals surface area contributed by atoms with Crippen molar-refractivity contribution in [1.29, 1.82) is 0 Å². The molecule has 0 unspecified atom stereocenters. The van der Waals surface area contributed by atoms with Crippen LogP contribution >= 0.6 is 11.3 Å². The number of aromatic nitrogens is 2. The molecule has 0 atom stereocenters. The fraction of sp³-hybridized carbons (Fsp3) is 0.562. The third-order valence-corrected chi connectivity index (χ3v) is 7.95. The van der Waals surface area contributed by atoms with Crippen LogP contribution in [0, 0.1) is 5.92 Å². The van der Waals surface area contributed by atoms with Crippen LogP contribution in [0.3, 0.4) is 0 Å². The summed E-state index contributed by atoms with van der Waals surface area (Å²) in [6, 6.07) is 3.33. The Labute approximate surface area is 155 Å². The van der Waals surface area contributed by atoms with Crippen LogP contribution in [0.4, 0.5) is 0 Å². The molecule has 10 heteroatoms. The number of sulfonamides is 1. The number of carbonyl (C=O) groups excluding carboxylic acids is 1. The zero-order valence-electron chi connectivity index (χ0n) is 14.4. The Kier molecular flexibility index (Phi) is 4.57. The van der Waals surface area contributed by atoms with Gasteiger partial charge in [-0.1, -0.05) is 11.2 Å². The second kappa shape index (κ2) is 6.75. The summed E-state index contributed by atoms with van der Waals surface area (Å²) in [7, 11) is -1.62. The van der Waals surface area contributed by atoms with Crippen molar-refractivity contribution in [3.63, 3.8) is 0 Å². The van der Waals surface area contributed by atoms with Gasteiger partial charge in [-0.15, -0.1) is 11.3 Å². The molecule has 2 aromatic rings. The first-order valence-electron chi connectivity index (χ1n) is 8.56.